The molecule has 0 aromatic carbocycles. The molecule has 0 saturated heterocycles. The van der Waals surface area contributed by atoms with Gasteiger partial charge in [-0.25, -0.2) is 4.98 Å². The van der Waals surface area contributed by atoms with E-state index < -0.39 is 6.04 Å². The van der Waals surface area contributed by atoms with Gasteiger partial charge in [-0.1, -0.05) is 19.9 Å². The Morgan fingerprint density at radius 3 is 2.41 bits per heavy atom. The van der Waals surface area contributed by atoms with Crippen molar-refractivity contribution in [3.05, 3.63) is 23.9 Å². The summed E-state index contributed by atoms with van der Waals surface area (Å²) in [6.45, 7) is 5.69. The van der Waals surface area contributed by atoms with Gasteiger partial charge in [0.25, 0.3) is 0 Å². The fraction of sp³-hybridized carbons (Fsp3) is 0.455. The molecule has 17 heavy (non-hydrogen) atoms. The molecule has 1 aromatic heterocycles. The number of nitrogens with one attached hydrogen (secondary N) is 1. The van der Waals surface area contributed by atoms with Gasteiger partial charge in [-0.15, -0.1) is 24.8 Å². The lowest BCUT2D eigenvalue weighted by molar-refractivity contribution is -0.118. The van der Waals surface area contributed by atoms with Gasteiger partial charge >= 0.3 is 0 Å². The first kappa shape index (κ1) is 18.5. The van der Waals surface area contributed by atoms with Crippen LogP contribution < -0.4 is 11.1 Å². The third kappa shape index (κ3) is 5.86. The summed E-state index contributed by atoms with van der Waals surface area (Å²) in [5.41, 5.74) is 6.57. The van der Waals surface area contributed by atoms with Gasteiger partial charge in [0.2, 0.25) is 5.91 Å². The molecular formula is C11H19Cl2N3O. The zero-order valence-electron chi connectivity index (χ0n) is 10.1. The van der Waals surface area contributed by atoms with E-state index in [-0.39, 0.29) is 36.6 Å². The first-order chi connectivity index (χ1) is 7.00. The van der Waals surface area contributed by atoms with Crippen molar-refractivity contribution in [3.63, 3.8) is 0 Å². The van der Waals surface area contributed by atoms with Crippen molar-refractivity contribution >= 4 is 36.5 Å². The van der Waals surface area contributed by atoms with E-state index in [9.17, 15) is 4.79 Å². The molecule has 6 heteroatoms. The molecule has 4 nitrogen and oxygen atoms in total. The summed E-state index contributed by atoms with van der Waals surface area (Å²) >= 11 is 0. The average molecular weight is 280 g/mol. The minimum Gasteiger partial charge on any atom is -0.320 e. The fourth-order valence-corrected chi connectivity index (χ4v) is 1.12. The highest BCUT2D eigenvalue weighted by atomic mass is 35.5. The van der Waals surface area contributed by atoms with Crippen LogP contribution in [0.1, 0.15) is 19.5 Å². The molecule has 1 rings (SSSR count). The number of pyridine rings is 1. The van der Waals surface area contributed by atoms with Crippen LogP contribution in [0.4, 0.5) is 5.82 Å². The Hall–Kier alpha value is -0.840. The molecule has 0 bridgehead atoms. The quantitative estimate of drug-likeness (QED) is 0.891. The number of rotatable bonds is 3. The number of nitrogens with two attached hydrogens (primary N) is 1. The predicted molar refractivity (Wildman–Crippen MR) is 74.9 cm³/mol. The van der Waals surface area contributed by atoms with Crippen molar-refractivity contribution in [1.82, 2.24) is 4.98 Å². The van der Waals surface area contributed by atoms with Crippen LogP contribution in [0.15, 0.2) is 18.2 Å². The normalized spacial score (nSPS) is 11.1. The monoisotopic (exact) mass is 279 g/mol. The highest BCUT2D eigenvalue weighted by Gasteiger charge is 2.17. The molecule has 1 heterocycles. The van der Waals surface area contributed by atoms with E-state index in [4.69, 9.17) is 5.73 Å². The zero-order chi connectivity index (χ0) is 11.4. The number of aryl methyl sites for hydroxylation is 1. The number of hydrogen-bond donors (Lipinski definition) is 2. The number of aromatic nitrogens is 1. The molecule has 1 amide bonds. The van der Waals surface area contributed by atoms with E-state index >= 15 is 0 Å². The van der Waals surface area contributed by atoms with Crippen LogP contribution in [-0.2, 0) is 4.79 Å². The summed E-state index contributed by atoms with van der Waals surface area (Å²) in [4.78, 5) is 15.8. The minimum atomic E-state index is -0.493. The molecule has 0 saturated carbocycles. The largest absolute Gasteiger partial charge is 0.320 e. The Bertz CT molecular complexity index is 358. The van der Waals surface area contributed by atoms with Gasteiger partial charge in [-0.05, 0) is 25.0 Å². The Morgan fingerprint density at radius 1 is 1.35 bits per heavy atom. The molecule has 0 aliphatic carbocycles. The van der Waals surface area contributed by atoms with Gasteiger partial charge < -0.3 is 11.1 Å². The van der Waals surface area contributed by atoms with Crippen LogP contribution in [0.25, 0.3) is 0 Å². The first-order valence-corrected chi connectivity index (χ1v) is 5.01. The smallest absolute Gasteiger partial charge is 0.242 e. The SMILES string of the molecule is Cc1cccc(NC(=O)[C@H](N)C(C)C)n1.Cl.Cl. The molecule has 98 valence electrons. The Balaban J connectivity index is 0. The Morgan fingerprint density at radius 2 is 1.94 bits per heavy atom. The number of anilines is 1. The second kappa shape index (κ2) is 8.28. The molecule has 1 aromatic rings. The van der Waals surface area contributed by atoms with E-state index in [0.717, 1.165) is 5.69 Å². The number of nitrogens with zero attached hydrogens (tertiary/aromatic N) is 1. The van der Waals surface area contributed by atoms with Crippen molar-refractivity contribution in [2.45, 2.75) is 26.8 Å². The molecule has 0 radical (unpaired) electrons. The molecule has 1 atom stereocenters. The highest BCUT2D eigenvalue weighted by Crippen LogP contribution is 2.06. The van der Waals surface area contributed by atoms with Crippen molar-refractivity contribution < 1.29 is 4.79 Å². The van der Waals surface area contributed by atoms with E-state index in [0.29, 0.717) is 5.82 Å². The lowest BCUT2D eigenvalue weighted by Gasteiger charge is -2.14. The van der Waals surface area contributed by atoms with Gasteiger partial charge in [-0.2, -0.15) is 0 Å². The average Bonchev–Trinajstić information content (AvgIpc) is 2.16. The number of hydrogen-bond acceptors (Lipinski definition) is 3. The maximum atomic E-state index is 11.6. The van der Waals surface area contributed by atoms with Crippen LogP contribution in [0.2, 0.25) is 0 Å². The van der Waals surface area contributed by atoms with Gasteiger partial charge in [0.15, 0.2) is 0 Å². The third-order valence-corrected chi connectivity index (χ3v) is 2.16. The van der Waals surface area contributed by atoms with Crippen molar-refractivity contribution in [2.24, 2.45) is 11.7 Å². The van der Waals surface area contributed by atoms with Crippen LogP contribution >= 0.6 is 24.8 Å². The summed E-state index contributed by atoms with van der Waals surface area (Å²) in [5, 5.41) is 2.69. The minimum absolute atomic E-state index is 0. The number of carbonyl (C=O) groups excluding carboxylic acids is 1. The van der Waals surface area contributed by atoms with Gasteiger partial charge in [0.05, 0.1) is 6.04 Å². The molecule has 3 N–H and O–H groups in total. The van der Waals surface area contributed by atoms with Gasteiger partial charge in [0, 0.05) is 5.69 Å². The molecule has 0 unspecified atom stereocenters. The van der Waals surface area contributed by atoms with E-state index in [1.165, 1.54) is 0 Å². The molecule has 0 aliphatic rings. The second-order valence-electron chi connectivity index (χ2n) is 3.92. The Kier molecular flexibility index (Phi) is 9.02. The molecule has 0 spiro atoms. The summed E-state index contributed by atoms with van der Waals surface area (Å²) in [6.07, 6.45) is 0. The van der Waals surface area contributed by atoms with E-state index in [1.807, 2.05) is 32.9 Å². The van der Waals surface area contributed by atoms with E-state index in [1.54, 1.807) is 6.07 Å². The van der Waals surface area contributed by atoms with Crippen molar-refractivity contribution in [3.8, 4) is 0 Å². The molecular weight excluding hydrogens is 261 g/mol. The molecule has 0 aliphatic heterocycles. The maximum absolute atomic E-state index is 11.6. The number of halogens is 2. The lowest BCUT2D eigenvalue weighted by Crippen LogP contribution is -2.39. The highest BCUT2D eigenvalue weighted by molar-refractivity contribution is 5.94. The predicted octanol–water partition coefficient (Wildman–Crippen LogP) is 2.16. The summed E-state index contributed by atoms with van der Waals surface area (Å²) < 4.78 is 0. The fourth-order valence-electron chi connectivity index (χ4n) is 1.12. The standard InChI is InChI=1S/C11H17N3O.2ClH/c1-7(2)10(12)11(15)14-9-6-4-5-8(3)13-9;;/h4-7,10H,12H2,1-3H3,(H,13,14,15);2*1H/t10-;;/m1../s1. The number of carbonyl (C=O) groups is 1. The van der Waals surface area contributed by atoms with Crippen molar-refractivity contribution in [2.75, 3.05) is 5.32 Å². The van der Waals surface area contributed by atoms with Crippen molar-refractivity contribution in [1.29, 1.82) is 0 Å². The van der Waals surface area contributed by atoms with Crippen LogP contribution in [0, 0.1) is 12.8 Å². The Labute approximate surface area is 114 Å². The number of amides is 1. The van der Waals surface area contributed by atoms with E-state index in [2.05, 4.69) is 10.3 Å². The van der Waals surface area contributed by atoms with Crippen LogP contribution in [-0.4, -0.2) is 16.9 Å². The van der Waals surface area contributed by atoms with Gasteiger partial charge in [0.1, 0.15) is 5.82 Å². The van der Waals surface area contributed by atoms with Crippen LogP contribution in [0.5, 0.6) is 0 Å². The summed E-state index contributed by atoms with van der Waals surface area (Å²) in [7, 11) is 0. The van der Waals surface area contributed by atoms with Crippen LogP contribution in [0.3, 0.4) is 0 Å². The lowest BCUT2D eigenvalue weighted by atomic mass is 10.1. The topological polar surface area (TPSA) is 68.0 Å². The third-order valence-electron chi connectivity index (χ3n) is 2.16. The maximum Gasteiger partial charge on any atom is 0.242 e. The molecule has 0 fully saturated rings. The van der Waals surface area contributed by atoms with Gasteiger partial charge in [-0.3, -0.25) is 4.79 Å². The first-order valence-electron chi connectivity index (χ1n) is 5.01. The zero-order valence-corrected chi connectivity index (χ0v) is 11.8. The second-order valence-corrected chi connectivity index (χ2v) is 3.92. The summed E-state index contributed by atoms with van der Waals surface area (Å²) in [6, 6.07) is 4.97. The summed E-state index contributed by atoms with van der Waals surface area (Å²) in [5.74, 6) is 0.481.